The SMILES string of the molecule is Cc1cc(COc2ccc(C[C@@H]3C[C@@H]3C(N)=O)cc2)c2ccccc2n1. The van der Waals surface area contributed by atoms with E-state index in [1.807, 2.05) is 37.3 Å². The van der Waals surface area contributed by atoms with Crippen LogP contribution < -0.4 is 10.5 Å². The zero-order chi connectivity index (χ0) is 18.1. The number of primary amides is 1. The molecule has 26 heavy (non-hydrogen) atoms. The van der Waals surface area contributed by atoms with Crippen LogP contribution in [0.25, 0.3) is 10.9 Å². The lowest BCUT2D eigenvalue weighted by Gasteiger charge is -2.10. The Labute approximate surface area is 153 Å². The molecule has 2 N–H and O–H groups in total. The summed E-state index contributed by atoms with van der Waals surface area (Å²) in [6.45, 7) is 2.51. The summed E-state index contributed by atoms with van der Waals surface area (Å²) in [6, 6.07) is 18.3. The number of carbonyl (C=O) groups is 1. The molecule has 4 nitrogen and oxygen atoms in total. The van der Waals surface area contributed by atoms with Gasteiger partial charge < -0.3 is 10.5 Å². The van der Waals surface area contributed by atoms with Crippen LogP contribution in [0.4, 0.5) is 0 Å². The van der Waals surface area contributed by atoms with E-state index in [4.69, 9.17) is 10.5 Å². The van der Waals surface area contributed by atoms with Crippen LogP contribution in [0.5, 0.6) is 5.75 Å². The molecule has 0 spiro atoms. The van der Waals surface area contributed by atoms with E-state index in [2.05, 4.69) is 29.2 Å². The molecule has 0 saturated heterocycles. The monoisotopic (exact) mass is 346 g/mol. The standard InChI is InChI=1S/C22H22N2O2/c1-14-10-17(19-4-2-3-5-21(19)24-14)13-26-18-8-6-15(7-9-18)11-16-12-20(16)22(23)25/h2-10,16,20H,11-13H2,1H3,(H2,23,25)/t16-,20+/m1/s1. The lowest BCUT2D eigenvalue weighted by molar-refractivity contribution is -0.119. The van der Waals surface area contributed by atoms with Gasteiger partial charge in [-0.15, -0.1) is 0 Å². The number of rotatable bonds is 6. The molecule has 1 aliphatic carbocycles. The Morgan fingerprint density at radius 2 is 1.96 bits per heavy atom. The number of para-hydroxylation sites is 1. The molecule has 1 aliphatic rings. The van der Waals surface area contributed by atoms with E-state index in [9.17, 15) is 4.79 Å². The first-order valence-electron chi connectivity index (χ1n) is 8.96. The third-order valence-corrected chi connectivity index (χ3v) is 5.03. The lowest BCUT2D eigenvalue weighted by Crippen LogP contribution is -2.14. The van der Waals surface area contributed by atoms with E-state index in [1.54, 1.807) is 0 Å². The van der Waals surface area contributed by atoms with Crippen molar-refractivity contribution in [2.45, 2.75) is 26.4 Å². The first kappa shape index (κ1) is 16.6. The van der Waals surface area contributed by atoms with Crippen molar-refractivity contribution in [3.8, 4) is 5.75 Å². The minimum Gasteiger partial charge on any atom is -0.489 e. The Morgan fingerprint density at radius 1 is 1.19 bits per heavy atom. The van der Waals surface area contributed by atoms with Crippen molar-refractivity contribution in [3.05, 3.63) is 71.4 Å². The van der Waals surface area contributed by atoms with E-state index >= 15 is 0 Å². The van der Waals surface area contributed by atoms with Crippen molar-refractivity contribution in [1.82, 2.24) is 4.98 Å². The van der Waals surface area contributed by atoms with E-state index < -0.39 is 0 Å². The summed E-state index contributed by atoms with van der Waals surface area (Å²) in [6.07, 6.45) is 1.82. The van der Waals surface area contributed by atoms with Crippen molar-refractivity contribution >= 4 is 16.8 Å². The van der Waals surface area contributed by atoms with Crippen LogP contribution >= 0.6 is 0 Å². The van der Waals surface area contributed by atoms with E-state index in [0.29, 0.717) is 12.5 Å². The number of hydrogen-bond donors (Lipinski definition) is 1. The largest absolute Gasteiger partial charge is 0.489 e. The van der Waals surface area contributed by atoms with Crippen molar-refractivity contribution in [2.24, 2.45) is 17.6 Å². The average molecular weight is 346 g/mol. The molecule has 4 heteroatoms. The highest BCUT2D eigenvalue weighted by Crippen LogP contribution is 2.40. The van der Waals surface area contributed by atoms with Crippen molar-refractivity contribution < 1.29 is 9.53 Å². The predicted molar refractivity (Wildman–Crippen MR) is 102 cm³/mol. The number of aromatic nitrogens is 1. The van der Waals surface area contributed by atoms with Gasteiger partial charge in [-0.1, -0.05) is 30.3 Å². The van der Waals surface area contributed by atoms with E-state index in [-0.39, 0.29) is 11.8 Å². The van der Waals surface area contributed by atoms with Gasteiger partial charge in [-0.25, -0.2) is 0 Å². The van der Waals surface area contributed by atoms with Gasteiger partial charge in [0.1, 0.15) is 12.4 Å². The summed E-state index contributed by atoms with van der Waals surface area (Å²) in [5, 5.41) is 1.13. The topological polar surface area (TPSA) is 65.2 Å². The number of amides is 1. The van der Waals surface area contributed by atoms with Crippen LogP contribution in [-0.2, 0) is 17.8 Å². The van der Waals surface area contributed by atoms with Gasteiger partial charge in [-0.3, -0.25) is 9.78 Å². The van der Waals surface area contributed by atoms with Gasteiger partial charge in [0.05, 0.1) is 5.52 Å². The van der Waals surface area contributed by atoms with E-state index in [1.165, 1.54) is 5.56 Å². The Kier molecular flexibility index (Phi) is 4.33. The molecular weight excluding hydrogens is 324 g/mol. The van der Waals surface area contributed by atoms with Crippen molar-refractivity contribution in [2.75, 3.05) is 0 Å². The van der Waals surface area contributed by atoms with Crippen LogP contribution in [0.1, 0.15) is 23.2 Å². The van der Waals surface area contributed by atoms with Gasteiger partial charge in [0.25, 0.3) is 0 Å². The van der Waals surface area contributed by atoms with Gasteiger partial charge >= 0.3 is 0 Å². The Bertz CT molecular complexity index is 950. The summed E-state index contributed by atoms with van der Waals surface area (Å²) in [5.74, 6) is 1.14. The number of hydrogen-bond acceptors (Lipinski definition) is 3. The molecule has 2 atom stereocenters. The molecule has 1 amide bonds. The second kappa shape index (κ2) is 6.79. The van der Waals surface area contributed by atoms with Crippen LogP contribution in [-0.4, -0.2) is 10.9 Å². The third-order valence-electron chi connectivity index (χ3n) is 5.03. The molecule has 4 rings (SSSR count). The number of fused-ring (bicyclic) bond motifs is 1. The molecule has 2 aromatic carbocycles. The zero-order valence-corrected chi connectivity index (χ0v) is 14.8. The molecular formula is C22H22N2O2. The van der Waals surface area contributed by atoms with Gasteiger partial charge in [-0.2, -0.15) is 0 Å². The quantitative estimate of drug-likeness (QED) is 0.738. The summed E-state index contributed by atoms with van der Waals surface area (Å²) in [4.78, 5) is 15.7. The fraction of sp³-hybridized carbons (Fsp3) is 0.273. The predicted octanol–water partition coefficient (Wildman–Crippen LogP) is 3.79. The van der Waals surface area contributed by atoms with Gasteiger partial charge in [-0.05, 0) is 55.5 Å². The molecule has 1 fully saturated rings. The van der Waals surface area contributed by atoms with Crippen LogP contribution in [0.2, 0.25) is 0 Å². The van der Waals surface area contributed by atoms with Crippen LogP contribution in [0.3, 0.4) is 0 Å². The minimum absolute atomic E-state index is 0.0640. The molecule has 0 aliphatic heterocycles. The van der Waals surface area contributed by atoms with Crippen molar-refractivity contribution in [3.63, 3.8) is 0 Å². The molecule has 0 bridgehead atoms. The second-order valence-corrected chi connectivity index (χ2v) is 7.08. The van der Waals surface area contributed by atoms with Crippen molar-refractivity contribution in [1.29, 1.82) is 0 Å². The van der Waals surface area contributed by atoms with Gasteiger partial charge in [0, 0.05) is 22.6 Å². The summed E-state index contributed by atoms with van der Waals surface area (Å²) in [7, 11) is 0. The lowest BCUT2D eigenvalue weighted by atomic mass is 10.1. The fourth-order valence-corrected chi connectivity index (χ4v) is 3.52. The molecule has 0 radical (unpaired) electrons. The first-order chi connectivity index (χ1) is 12.6. The number of aryl methyl sites for hydroxylation is 1. The molecule has 0 unspecified atom stereocenters. The second-order valence-electron chi connectivity index (χ2n) is 7.08. The maximum Gasteiger partial charge on any atom is 0.220 e. The number of benzene rings is 2. The Balaban J connectivity index is 1.42. The Morgan fingerprint density at radius 3 is 2.69 bits per heavy atom. The molecule has 3 aromatic rings. The van der Waals surface area contributed by atoms with Crippen LogP contribution in [0, 0.1) is 18.8 Å². The first-order valence-corrected chi connectivity index (χ1v) is 8.96. The molecule has 1 saturated carbocycles. The number of nitrogens with zero attached hydrogens (tertiary/aromatic N) is 1. The van der Waals surface area contributed by atoms with Gasteiger partial charge in [0.2, 0.25) is 5.91 Å². The highest BCUT2D eigenvalue weighted by molar-refractivity contribution is 5.82. The number of nitrogens with two attached hydrogens (primary N) is 1. The molecule has 1 heterocycles. The smallest absolute Gasteiger partial charge is 0.220 e. The third kappa shape index (κ3) is 3.54. The summed E-state index contributed by atoms with van der Waals surface area (Å²) < 4.78 is 5.99. The zero-order valence-electron chi connectivity index (χ0n) is 14.8. The number of ether oxygens (including phenoxy) is 1. The van der Waals surface area contributed by atoms with E-state index in [0.717, 1.165) is 40.8 Å². The summed E-state index contributed by atoms with van der Waals surface area (Å²) in [5.41, 5.74) is 9.69. The normalized spacial score (nSPS) is 18.7. The highest BCUT2D eigenvalue weighted by Gasteiger charge is 2.41. The average Bonchev–Trinajstić information content (AvgIpc) is 3.40. The number of carbonyl (C=O) groups excluding carboxylic acids is 1. The minimum atomic E-state index is -0.171. The Hall–Kier alpha value is -2.88. The number of pyridine rings is 1. The maximum absolute atomic E-state index is 11.2. The fourth-order valence-electron chi connectivity index (χ4n) is 3.52. The highest BCUT2D eigenvalue weighted by atomic mass is 16.5. The molecule has 132 valence electrons. The molecule has 1 aromatic heterocycles. The summed E-state index contributed by atoms with van der Waals surface area (Å²) >= 11 is 0. The van der Waals surface area contributed by atoms with Crippen LogP contribution in [0.15, 0.2) is 54.6 Å². The van der Waals surface area contributed by atoms with Gasteiger partial charge in [0.15, 0.2) is 0 Å². The maximum atomic E-state index is 11.2.